The van der Waals surface area contributed by atoms with E-state index in [0.717, 1.165) is 17.7 Å². The van der Waals surface area contributed by atoms with Crippen LogP contribution < -0.4 is 9.47 Å². The Bertz CT molecular complexity index is 993. The van der Waals surface area contributed by atoms with E-state index in [1.807, 2.05) is 18.2 Å². The van der Waals surface area contributed by atoms with Crippen LogP contribution in [-0.2, 0) is 24.3 Å². The number of aliphatic carboxylic acids is 1. The molecule has 0 radical (unpaired) electrons. The molecule has 0 saturated carbocycles. The summed E-state index contributed by atoms with van der Waals surface area (Å²) in [6.07, 6.45) is -4.40. The van der Waals surface area contributed by atoms with Gasteiger partial charge in [0.15, 0.2) is 11.5 Å². The molecule has 0 atom stereocenters. The maximum Gasteiger partial charge on any atom is 0.490 e. The molecule has 0 aliphatic carbocycles. The Morgan fingerprint density at radius 3 is 2.28 bits per heavy atom. The number of methoxy groups -OCH3 is 2. The van der Waals surface area contributed by atoms with Crippen molar-refractivity contribution in [2.75, 3.05) is 20.8 Å². The van der Waals surface area contributed by atoms with E-state index < -0.39 is 23.9 Å². The molecule has 0 bridgehead atoms. The number of ether oxygens (including phenoxy) is 2. The Kier molecular flexibility index (Phi) is 8.03. The zero-order valence-electron chi connectivity index (χ0n) is 17.2. The fraction of sp³-hybridized carbons (Fsp3) is 0.333. The summed E-state index contributed by atoms with van der Waals surface area (Å²) < 4.78 is 56.5. The molecule has 174 valence electrons. The monoisotopic (exact) mass is 459 g/mol. The van der Waals surface area contributed by atoms with Crippen LogP contribution in [0.25, 0.3) is 0 Å². The van der Waals surface area contributed by atoms with Gasteiger partial charge in [0.25, 0.3) is 0 Å². The molecule has 0 saturated heterocycles. The molecule has 0 fully saturated rings. The lowest BCUT2D eigenvalue weighted by Gasteiger charge is -2.30. The summed E-state index contributed by atoms with van der Waals surface area (Å²) in [4.78, 5) is 22.4. The van der Waals surface area contributed by atoms with Gasteiger partial charge in [-0.25, -0.2) is 14.0 Å². The molecule has 2 aromatic carbocycles. The third-order valence-corrected chi connectivity index (χ3v) is 4.77. The summed E-state index contributed by atoms with van der Waals surface area (Å²) in [5.41, 5.74) is 2.17. The average molecular weight is 459 g/mol. The predicted octanol–water partition coefficient (Wildman–Crippen LogP) is 3.73. The lowest BCUT2D eigenvalue weighted by atomic mass is 9.94. The first-order valence-corrected chi connectivity index (χ1v) is 9.25. The summed E-state index contributed by atoms with van der Waals surface area (Å²) in [6, 6.07) is 8.58. The SMILES string of the molecule is COc1cccc(CN2CCc3ccc(F)c(C(=O)O)c3C2)c1OC.O=C(O)C(F)(F)F. The van der Waals surface area contributed by atoms with Gasteiger partial charge in [0.2, 0.25) is 0 Å². The second kappa shape index (κ2) is 10.3. The summed E-state index contributed by atoms with van der Waals surface area (Å²) in [6.45, 7) is 1.71. The van der Waals surface area contributed by atoms with Crippen molar-refractivity contribution in [2.45, 2.75) is 25.7 Å². The molecular weight excluding hydrogens is 438 g/mol. The van der Waals surface area contributed by atoms with Crippen molar-refractivity contribution in [3.63, 3.8) is 0 Å². The topological polar surface area (TPSA) is 96.3 Å². The molecule has 2 aromatic rings. The molecule has 0 amide bonds. The van der Waals surface area contributed by atoms with E-state index in [4.69, 9.17) is 19.4 Å². The highest BCUT2D eigenvalue weighted by Gasteiger charge is 2.38. The van der Waals surface area contributed by atoms with Gasteiger partial charge in [-0.2, -0.15) is 13.2 Å². The first-order valence-electron chi connectivity index (χ1n) is 9.25. The number of benzene rings is 2. The van der Waals surface area contributed by atoms with E-state index in [1.165, 1.54) is 6.07 Å². The third kappa shape index (κ3) is 5.88. The largest absolute Gasteiger partial charge is 0.493 e. The summed E-state index contributed by atoms with van der Waals surface area (Å²) in [7, 11) is 3.17. The first kappa shape index (κ1) is 24.9. The van der Waals surface area contributed by atoms with Gasteiger partial charge in [-0.05, 0) is 29.7 Å². The molecule has 1 aliphatic heterocycles. The second-order valence-corrected chi connectivity index (χ2v) is 6.78. The number of aromatic carboxylic acids is 1. The number of hydrogen-bond donors (Lipinski definition) is 2. The van der Waals surface area contributed by atoms with Gasteiger partial charge in [-0.3, -0.25) is 4.90 Å². The lowest BCUT2D eigenvalue weighted by molar-refractivity contribution is -0.192. The van der Waals surface area contributed by atoms with Crippen molar-refractivity contribution in [1.82, 2.24) is 4.90 Å². The fourth-order valence-corrected chi connectivity index (χ4v) is 3.34. The quantitative estimate of drug-likeness (QED) is 0.658. The second-order valence-electron chi connectivity index (χ2n) is 6.78. The Morgan fingerprint density at radius 1 is 1.09 bits per heavy atom. The molecule has 1 heterocycles. The molecular formula is C21H21F4NO6. The Morgan fingerprint density at radius 2 is 1.75 bits per heavy atom. The minimum Gasteiger partial charge on any atom is -0.493 e. The Labute approximate surface area is 180 Å². The number of carbonyl (C=O) groups is 2. The van der Waals surface area contributed by atoms with E-state index in [9.17, 15) is 27.5 Å². The van der Waals surface area contributed by atoms with Gasteiger partial charge >= 0.3 is 18.1 Å². The van der Waals surface area contributed by atoms with Crippen LogP contribution in [0.2, 0.25) is 0 Å². The van der Waals surface area contributed by atoms with Crippen molar-refractivity contribution in [3.8, 4) is 11.5 Å². The number of hydrogen-bond acceptors (Lipinski definition) is 5. The van der Waals surface area contributed by atoms with Gasteiger partial charge in [0.05, 0.1) is 19.8 Å². The van der Waals surface area contributed by atoms with Gasteiger partial charge in [0, 0.05) is 25.2 Å². The summed E-state index contributed by atoms with van der Waals surface area (Å²) >= 11 is 0. The predicted molar refractivity (Wildman–Crippen MR) is 104 cm³/mol. The van der Waals surface area contributed by atoms with E-state index in [0.29, 0.717) is 36.6 Å². The van der Waals surface area contributed by atoms with Crippen molar-refractivity contribution >= 4 is 11.9 Å². The highest BCUT2D eigenvalue weighted by atomic mass is 19.4. The molecule has 2 N–H and O–H groups in total. The molecule has 11 heteroatoms. The minimum absolute atomic E-state index is 0.222. The highest BCUT2D eigenvalue weighted by Crippen LogP contribution is 2.33. The number of para-hydroxylation sites is 1. The molecule has 32 heavy (non-hydrogen) atoms. The van der Waals surface area contributed by atoms with Crippen molar-refractivity contribution < 1.29 is 46.8 Å². The van der Waals surface area contributed by atoms with Crippen LogP contribution in [0.15, 0.2) is 30.3 Å². The zero-order chi connectivity index (χ0) is 24.1. The van der Waals surface area contributed by atoms with Crippen molar-refractivity contribution in [2.24, 2.45) is 0 Å². The van der Waals surface area contributed by atoms with E-state index in [-0.39, 0.29) is 5.56 Å². The Hall–Kier alpha value is -3.34. The molecule has 7 nitrogen and oxygen atoms in total. The van der Waals surface area contributed by atoms with Crippen LogP contribution >= 0.6 is 0 Å². The number of fused-ring (bicyclic) bond motifs is 1. The fourth-order valence-electron chi connectivity index (χ4n) is 3.34. The van der Waals surface area contributed by atoms with Crippen molar-refractivity contribution in [1.29, 1.82) is 0 Å². The smallest absolute Gasteiger partial charge is 0.490 e. The highest BCUT2D eigenvalue weighted by molar-refractivity contribution is 5.90. The van der Waals surface area contributed by atoms with E-state index in [1.54, 1.807) is 20.3 Å². The van der Waals surface area contributed by atoms with Gasteiger partial charge < -0.3 is 19.7 Å². The Balaban J connectivity index is 0.000000451. The number of alkyl halides is 3. The van der Waals surface area contributed by atoms with Crippen LogP contribution in [0.3, 0.4) is 0 Å². The van der Waals surface area contributed by atoms with E-state index in [2.05, 4.69) is 4.90 Å². The standard InChI is InChI=1S/C19H20FNO4.C2HF3O2/c1-24-16-5-3-4-13(18(16)25-2)10-21-9-8-12-6-7-15(20)17(19(22)23)14(12)11-21;3-2(4,5)1(6)7/h3-7H,8-11H2,1-2H3,(H,22,23);(H,6,7). The van der Waals surface area contributed by atoms with Crippen LogP contribution in [-0.4, -0.2) is 54.0 Å². The van der Waals surface area contributed by atoms with Gasteiger partial charge in [-0.1, -0.05) is 18.2 Å². The summed E-state index contributed by atoms with van der Waals surface area (Å²) in [5.74, 6) is -3.36. The molecule has 0 unspecified atom stereocenters. The summed E-state index contributed by atoms with van der Waals surface area (Å²) in [5, 5.41) is 16.5. The lowest BCUT2D eigenvalue weighted by Crippen LogP contribution is -2.32. The number of carboxylic acids is 2. The number of nitrogens with zero attached hydrogens (tertiary/aromatic N) is 1. The first-order chi connectivity index (χ1) is 15.0. The molecule has 0 aromatic heterocycles. The average Bonchev–Trinajstić information content (AvgIpc) is 2.72. The number of carboxylic acid groups (broad SMARTS) is 2. The third-order valence-electron chi connectivity index (χ3n) is 4.77. The van der Waals surface area contributed by atoms with Gasteiger partial charge in [-0.15, -0.1) is 0 Å². The maximum absolute atomic E-state index is 14.0. The normalized spacial score (nSPS) is 13.4. The maximum atomic E-state index is 14.0. The molecule has 3 rings (SSSR count). The van der Waals surface area contributed by atoms with Crippen LogP contribution in [0.5, 0.6) is 11.5 Å². The zero-order valence-corrected chi connectivity index (χ0v) is 17.2. The van der Waals surface area contributed by atoms with Crippen molar-refractivity contribution in [3.05, 3.63) is 58.4 Å². The van der Waals surface area contributed by atoms with Crippen LogP contribution in [0, 0.1) is 5.82 Å². The number of halogens is 4. The number of rotatable bonds is 5. The van der Waals surface area contributed by atoms with E-state index >= 15 is 0 Å². The van der Waals surface area contributed by atoms with Crippen LogP contribution in [0.1, 0.15) is 27.0 Å². The van der Waals surface area contributed by atoms with Crippen LogP contribution in [0.4, 0.5) is 17.6 Å². The molecule has 0 spiro atoms. The minimum atomic E-state index is -5.08. The van der Waals surface area contributed by atoms with Gasteiger partial charge in [0.1, 0.15) is 5.82 Å². The molecule has 1 aliphatic rings.